The van der Waals surface area contributed by atoms with Gasteiger partial charge >= 0.3 is 0 Å². The van der Waals surface area contributed by atoms with Gasteiger partial charge in [-0.3, -0.25) is 14.4 Å². The second kappa shape index (κ2) is 8.84. The van der Waals surface area contributed by atoms with Crippen molar-refractivity contribution in [1.29, 1.82) is 0 Å². The number of hydrogen-bond acceptors (Lipinski definition) is 3. The number of carbonyl (C=O) groups excluding carboxylic acids is 3. The first-order valence-corrected chi connectivity index (χ1v) is 3.99. The zero-order chi connectivity index (χ0) is 10.9. The van der Waals surface area contributed by atoms with E-state index < -0.39 is 0 Å². The summed E-state index contributed by atoms with van der Waals surface area (Å²) in [5.41, 5.74) is 0. The summed E-state index contributed by atoms with van der Waals surface area (Å²) in [6.45, 7) is 7.73. The predicted octanol–water partition coefficient (Wildman–Crippen LogP) is 1.71. The fourth-order valence-corrected chi connectivity index (χ4v) is 0.554. The molecule has 0 aromatic heterocycles. The summed E-state index contributed by atoms with van der Waals surface area (Å²) in [4.78, 5) is 30.0. The van der Waals surface area contributed by atoms with Crippen LogP contribution in [0.4, 0.5) is 0 Å². The molecule has 3 nitrogen and oxygen atoms in total. The Morgan fingerprint density at radius 3 is 1.38 bits per heavy atom. The Bertz CT molecular complexity index is 192. The van der Waals surface area contributed by atoms with E-state index in [0.29, 0.717) is 6.42 Å². The second-order valence-electron chi connectivity index (χ2n) is 2.78. The lowest BCUT2D eigenvalue weighted by Gasteiger charge is -1.81. The molecule has 0 saturated heterocycles. The zero-order valence-corrected chi connectivity index (χ0v) is 8.42. The van der Waals surface area contributed by atoms with E-state index in [9.17, 15) is 14.4 Å². The van der Waals surface area contributed by atoms with Gasteiger partial charge in [0.05, 0.1) is 6.42 Å². The van der Waals surface area contributed by atoms with Gasteiger partial charge in [-0.2, -0.15) is 0 Å². The van der Waals surface area contributed by atoms with E-state index in [4.69, 9.17) is 0 Å². The Morgan fingerprint density at radius 2 is 1.38 bits per heavy atom. The molecule has 0 aromatic rings. The molecule has 0 N–H and O–H groups in total. The van der Waals surface area contributed by atoms with Crippen molar-refractivity contribution in [3.05, 3.63) is 12.7 Å². The Morgan fingerprint density at radius 1 is 1.00 bits per heavy atom. The van der Waals surface area contributed by atoms with E-state index in [1.165, 1.54) is 13.8 Å². The predicted molar refractivity (Wildman–Crippen MR) is 51.5 cm³/mol. The summed E-state index contributed by atoms with van der Waals surface area (Å²) in [6, 6.07) is 0. The fourth-order valence-electron chi connectivity index (χ4n) is 0.554. The monoisotopic (exact) mass is 184 g/mol. The SMILES string of the molecule is C=CCC(C)=O.CC(=O)CC(C)=O. The normalized spacial score (nSPS) is 7.92. The maximum Gasteiger partial charge on any atom is 0.137 e. The Hall–Kier alpha value is -1.25. The van der Waals surface area contributed by atoms with Gasteiger partial charge in [-0.15, -0.1) is 6.58 Å². The van der Waals surface area contributed by atoms with Gasteiger partial charge in [0, 0.05) is 6.42 Å². The molecule has 0 unspecified atom stereocenters. The highest BCUT2D eigenvalue weighted by Gasteiger charge is 1.94. The van der Waals surface area contributed by atoms with Gasteiger partial charge < -0.3 is 0 Å². The number of rotatable bonds is 4. The number of carbonyl (C=O) groups is 3. The third kappa shape index (κ3) is 24.9. The average molecular weight is 184 g/mol. The third-order valence-corrected chi connectivity index (χ3v) is 0.930. The average Bonchev–Trinajstić information content (AvgIpc) is 1.83. The van der Waals surface area contributed by atoms with E-state index in [1.807, 2.05) is 0 Å². The van der Waals surface area contributed by atoms with Crippen LogP contribution >= 0.6 is 0 Å². The Labute approximate surface area is 78.8 Å². The summed E-state index contributed by atoms with van der Waals surface area (Å²) in [7, 11) is 0. The minimum absolute atomic E-state index is 0.0625. The minimum Gasteiger partial charge on any atom is -0.300 e. The zero-order valence-electron chi connectivity index (χ0n) is 8.42. The van der Waals surface area contributed by atoms with Crippen molar-refractivity contribution in [3.63, 3.8) is 0 Å². The van der Waals surface area contributed by atoms with E-state index in [1.54, 1.807) is 13.0 Å². The van der Waals surface area contributed by atoms with Crippen molar-refractivity contribution < 1.29 is 14.4 Å². The summed E-state index contributed by atoms with van der Waals surface area (Å²) in [5, 5.41) is 0. The molecule has 0 aliphatic rings. The standard InChI is InChI=1S/C5H8O2.C5H8O/c1-4(6)3-5(2)7;1-3-4-5(2)6/h3H2,1-2H3;3H,1,4H2,2H3. The number of allylic oxidation sites excluding steroid dienone is 1. The molecular formula is C10H16O3. The largest absolute Gasteiger partial charge is 0.300 e. The number of ketones is 3. The van der Waals surface area contributed by atoms with Crippen molar-refractivity contribution in [2.24, 2.45) is 0 Å². The van der Waals surface area contributed by atoms with Crippen LogP contribution in [-0.4, -0.2) is 17.3 Å². The van der Waals surface area contributed by atoms with E-state index in [-0.39, 0.29) is 23.8 Å². The molecule has 0 rings (SSSR count). The molecule has 3 heteroatoms. The summed E-state index contributed by atoms with van der Waals surface area (Å²) < 4.78 is 0. The first-order chi connectivity index (χ1) is 5.90. The molecule has 0 bridgehead atoms. The van der Waals surface area contributed by atoms with Crippen molar-refractivity contribution in [3.8, 4) is 0 Å². The van der Waals surface area contributed by atoms with Crippen LogP contribution in [0.5, 0.6) is 0 Å². The summed E-state index contributed by atoms with van der Waals surface area (Å²) >= 11 is 0. The molecule has 74 valence electrons. The van der Waals surface area contributed by atoms with Crippen LogP contribution in [0.2, 0.25) is 0 Å². The summed E-state index contributed by atoms with van der Waals surface area (Å²) in [5.74, 6) is 0.0463. The van der Waals surface area contributed by atoms with Crippen molar-refractivity contribution in [1.82, 2.24) is 0 Å². The van der Waals surface area contributed by atoms with Crippen molar-refractivity contribution >= 4 is 17.3 Å². The summed E-state index contributed by atoms with van der Waals surface area (Å²) in [6.07, 6.45) is 2.18. The van der Waals surface area contributed by atoms with Crippen LogP contribution in [0.1, 0.15) is 33.6 Å². The van der Waals surface area contributed by atoms with E-state index in [2.05, 4.69) is 6.58 Å². The van der Waals surface area contributed by atoms with Crippen LogP contribution in [0, 0.1) is 0 Å². The minimum atomic E-state index is -0.0625. The van der Waals surface area contributed by atoms with E-state index in [0.717, 1.165) is 0 Å². The molecule has 0 saturated carbocycles. The maximum absolute atomic E-state index is 10.0. The molecule has 0 fully saturated rings. The van der Waals surface area contributed by atoms with Gasteiger partial charge in [0.15, 0.2) is 0 Å². The molecule has 0 aliphatic heterocycles. The fraction of sp³-hybridized carbons (Fsp3) is 0.500. The molecule has 0 radical (unpaired) electrons. The molecule has 0 heterocycles. The molecule has 13 heavy (non-hydrogen) atoms. The van der Waals surface area contributed by atoms with E-state index >= 15 is 0 Å². The second-order valence-corrected chi connectivity index (χ2v) is 2.78. The molecule has 0 aromatic carbocycles. The van der Waals surface area contributed by atoms with Crippen molar-refractivity contribution in [2.75, 3.05) is 0 Å². The highest BCUT2D eigenvalue weighted by molar-refractivity contribution is 5.96. The van der Waals surface area contributed by atoms with Gasteiger partial charge in [0.2, 0.25) is 0 Å². The lowest BCUT2D eigenvalue weighted by Crippen LogP contribution is -1.97. The third-order valence-electron chi connectivity index (χ3n) is 0.930. The molecule has 0 spiro atoms. The van der Waals surface area contributed by atoms with Crippen LogP contribution in [0.3, 0.4) is 0 Å². The number of hydrogen-bond donors (Lipinski definition) is 0. The van der Waals surface area contributed by atoms with Gasteiger partial charge in [0.1, 0.15) is 17.3 Å². The molecule has 0 aliphatic carbocycles. The van der Waals surface area contributed by atoms with Gasteiger partial charge in [-0.05, 0) is 20.8 Å². The van der Waals surface area contributed by atoms with Gasteiger partial charge in [-0.1, -0.05) is 6.08 Å². The molecule has 0 amide bonds. The van der Waals surface area contributed by atoms with Crippen LogP contribution in [-0.2, 0) is 14.4 Å². The molecular weight excluding hydrogens is 168 g/mol. The van der Waals surface area contributed by atoms with Gasteiger partial charge in [0.25, 0.3) is 0 Å². The lowest BCUT2D eigenvalue weighted by molar-refractivity contribution is -0.124. The van der Waals surface area contributed by atoms with Crippen LogP contribution < -0.4 is 0 Å². The van der Waals surface area contributed by atoms with Gasteiger partial charge in [-0.25, -0.2) is 0 Å². The van der Waals surface area contributed by atoms with Crippen molar-refractivity contribution in [2.45, 2.75) is 33.6 Å². The topological polar surface area (TPSA) is 51.2 Å². The lowest BCUT2D eigenvalue weighted by atomic mass is 10.2. The maximum atomic E-state index is 10.0. The first-order valence-electron chi connectivity index (χ1n) is 3.99. The highest BCUT2D eigenvalue weighted by atomic mass is 16.1. The quantitative estimate of drug-likeness (QED) is 0.493. The first kappa shape index (κ1) is 14.3. The van der Waals surface area contributed by atoms with Crippen LogP contribution in [0.25, 0.3) is 0 Å². The van der Waals surface area contributed by atoms with Crippen LogP contribution in [0.15, 0.2) is 12.7 Å². The number of Topliss-reactive ketones (excluding diaryl/α,β-unsaturated/α-hetero) is 3. The Kier molecular flexibility index (Phi) is 9.72. The molecule has 0 atom stereocenters. The highest BCUT2D eigenvalue weighted by Crippen LogP contribution is 1.80. The Balaban J connectivity index is 0. The smallest absolute Gasteiger partial charge is 0.137 e.